The van der Waals surface area contributed by atoms with E-state index in [1.807, 2.05) is 19.4 Å². The third-order valence-corrected chi connectivity index (χ3v) is 2.35. The fraction of sp³-hybridized carbons (Fsp3) is 0.625. The minimum Gasteiger partial charge on any atom is -0.362 e. The Morgan fingerprint density at radius 3 is 2.77 bits per heavy atom. The molecule has 0 aromatic heterocycles. The van der Waals surface area contributed by atoms with Crippen LogP contribution >= 0.6 is 0 Å². The summed E-state index contributed by atoms with van der Waals surface area (Å²) in [6, 6.07) is 0. The summed E-state index contributed by atoms with van der Waals surface area (Å²) in [5, 5.41) is 1.31. The molecule has 5 heteroatoms. The van der Waals surface area contributed by atoms with Crippen LogP contribution in [0.3, 0.4) is 0 Å². The van der Waals surface area contributed by atoms with E-state index in [1.54, 1.807) is 0 Å². The molecule has 0 amide bonds. The van der Waals surface area contributed by atoms with Gasteiger partial charge in [0, 0.05) is 31.4 Å². The lowest BCUT2D eigenvalue weighted by Crippen LogP contribution is -2.23. The van der Waals surface area contributed by atoms with Crippen LogP contribution in [0.5, 0.6) is 0 Å². The van der Waals surface area contributed by atoms with Crippen molar-refractivity contribution < 1.29 is 8.42 Å². The van der Waals surface area contributed by atoms with E-state index >= 15 is 0 Å². The molecule has 0 N–H and O–H groups in total. The summed E-state index contributed by atoms with van der Waals surface area (Å²) >= 11 is 0. The summed E-state index contributed by atoms with van der Waals surface area (Å²) in [4.78, 5) is 4.23. The van der Waals surface area contributed by atoms with Gasteiger partial charge in [-0.3, -0.25) is 0 Å². The fourth-order valence-corrected chi connectivity index (χ4v) is 1.57. The molecule has 0 saturated heterocycles. The van der Waals surface area contributed by atoms with Crippen LogP contribution in [-0.4, -0.2) is 43.8 Å². The number of hydrogen-bond donors (Lipinski definition) is 0. The smallest absolute Gasteiger partial charge is 0.209 e. The summed E-state index contributed by atoms with van der Waals surface area (Å²) in [5.41, 5.74) is 0. The maximum atomic E-state index is 10.2. The molecular formula is C8H14N2O2S. The highest BCUT2D eigenvalue weighted by molar-refractivity contribution is 7.71. The van der Waals surface area contributed by atoms with Crippen LogP contribution in [0.1, 0.15) is 12.8 Å². The molecule has 0 aromatic carbocycles. The highest BCUT2D eigenvalue weighted by Gasteiger charge is 2.06. The van der Waals surface area contributed by atoms with Gasteiger partial charge in [-0.15, -0.1) is 0 Å². The second-order valence-corrected chi connectivity index (χ2v) is 3.93. The number of hydrogen-bond acceptors (Lipinski definition) is 4. The van der Waals surface area contributed by atoms with Crippen molar-refractivity contribution in [3.63, 3.8) is 0 Å². The second kappa shape index (κ2) is 4.91. The van der Waals surface area contributed by atoms with Crippen LogP contribution in [0.25, 0.3) is 0 Å². The van der Waals surface area contributed by atoms with E-state index in [9.17, 15) is 8.42 Å². The molecule has 0 spiro atoms. The average Bonchev–Trinajstić information content (AvgIpc) is 2.45. The van der Waals surface area contributed by atoms with Crippen molar-refractivity contribution in [3.05, 3.63) is 12.4 Å². The third-order valence-electron chi connectivity index (χ3n) is 1.84. The summed E-state index contributed by atoms with van der Waals surface area (Å²) in [6.07, 6.45) is 5.54. The van der Waals surface area contributed by atoms with Crippen molar-refractivity contribution >= 4 is 15.7 Å². The Kier molecular flexibility index (Phi) is 3.82. The molecular weight excluding hydrogens is 188 g/mol. The lowest BCUT2D eigenvalue weighted by molar-refractivity contribution is 0.295. The molecule has 0 aromatic rings. The Balaban J connectivity index is 2.14. The minimum atomic E-state index is -2.00. The number of unbranched alkanes of at least 4 members (excludes halogenated alkanes) is 1. The first-order chi connectivity index (χ1) is 6.18. The zero-order valence-corrected chi connectivity index (χ0v) is 8.50. The number of nitrogens with zero attached hydrogens (tertiary/aromatic N) is 2. The molecule has 13 heavy (non-hydrogen) atoms. The Morgan fingerprint density at radius 1 is 1.46 bits per heavy atom. The molecule has 0 fully saturated rings. The van der Waals surface area contributed by atoms with Crippen LogP contribution in [-0.2, 0) is 10.3 Å². The van der Waals surface area contributed by atoms with Crippen LogP contribution in [0.2, 0.25) is 0 Å². The van der Waals surface area contributed by atoms with Crippen molar-refractivity contribution in [2.45, 2.75) is 12.8 Å². The van der Waals surface area contributed by atoms with Crippen molar-refractivity contribution in [2.24, 2.45) is 0 Å². The molecule has 74 valence electrons. The van der Waals surface area contributed by atoms with Gasteiger partial charge in [-0.2, -0.15) is 8.42 Å². The van der Waals surface area contributed by atoms with Gasteiger partial charge >= 0.3 is 0 Å². The lowest BCUT2D eigenvalue weighted by atomic mass is 10.3. The predicted molar refractivity (Wildman–Crippen MR) is 52.7 cm³/mol. The molecule has 0 aliphatic carbocycles. The Bertz CT molecular complexity index is 300. The standard InChI is InChI=1S/C8H14N2O2S/c1-9-5-6-10(8-9)4-2-3-7-13(11)12/h5-7H,2-4,8H2,1H3. The van der Waals surface area contributed by atoms with E-state index < -0.39 is 10.3 Å². The van der Waals surface area contributed by atoms with Crippen LogP contribution in [0.15, 0.2) is 12.4 Å². The minimum absolute atomic E-state index is 0.629. The van der Waals surface area contributed by atoms with Gasteiger partial charge in [-0.1, -0.05) is 0 Å². The molecule has 1 heterocycles. The van der Waals surface area contributed by atoms with Gasteiger partial charge in [0.2, 0.25) is 10.3 Å². The Morgan fingerprint density at radius 2 is 2.23 bits per heavy atom. The normalized spacial score (nSPS) is 15.2. The van der Waals surface area contributed by atoms with Crippen molar-refractivity contribution in [3.8, 4) is 0 Å². The second-order valence-electron chi connectivity index (χ2n) is 3.08. The molecule has 1 aliphatic heterocycles. The highest BCUT2D eigenvalue weighted by atomic mass is 32.2. The van der Waals surface area contributed by atoms with Gasteiger partial charge in [-0.25, -0.2) is 0 Å². The summed E-state index contributed by atoms with van der Waals surface area (Å²) in [6.45, 7) is 1.81. The van der Waals surface area contributed by atoms with E-state index in [0.29, 0.717) is 6.42 Å². The first-order valence-electron chi connectivity index (χ1n) is 4.22. The lowest BCUT2D eigenvalue weighted by Gasteiger charge is -2.17. The first-order valence-corrected chi connectivity index (χ1v) is 5.36. The molecule has 0 bridgehead atoms. The van der Waals surface area contributed by atoms with Crippen LogP contribution < -0.4 is 0 Å². The molecule has 0 unspecified atom stereocenters. The van der Waals surface area contributed by atoms with E-state index in [-0.39, 0.29) is 0 Å². The van der Waals surface area contributed by atoms with Crippen LogP contribution in [0.4, 0.5) is 0 Å². The topological polar surface area (TPSA) is 40.6 Å². The van der Waals surface area contributed by atoms with Crippen LogP contribution in [0, 0.1) is 0 Å². The van der Waals surface area contributed by atoms with Gasteiger partial charge in [0.25, 0.3) is 0 Å². The summed E-state index contributed by atoms with van der Waals surface area (Å²) < 4.78 is 20.3. The van der Waals surface area contributed by atoms with Gasteiger partial charge in [0.05, 0.1) is 6.67 Å². The first kappa shape index (κ1) is 10.1. The van der Waals surface area contributed by atoms with Gasteiger partial charge in [-0.05, 0) is 12.8 Å². The quantitative estimate of drug-likeness (QED) is 0.480. The maximum absolute atomic E-state index is 10.2. The number of rotatable bonds is 4. The highest BCUT2D eigenvalue weighted by Crippen LogP contribution is 2.04. The molecule has 1 aliphatic rings. The van der Waals surface area contributed by atoms with E-state index in [0.717, 1.165) is 19.6 Å². The van der Waals surface area contributed by atoms with Gasteiger partial charge in [0.15, 0.2) is 0 Å². The van der Waals surface area contributed by atoms with Gasteiger partial charge in [0.1, 0.15) is 0 Å². The average molecular weight is 202 g/mol. The van der Waals surface area contributed by atoms with E-state index in [2.05, 4.69) is 9.80 Å². The summed E-state index contributed by atoms with van der Waals surface area (Å²) in [7, 11) is 0.0117. The monoisotopic (exact) mass is 202 g/mol. The Labute approximate surface area is 80.0 Å². The van der Waals surface area contributed by atoms with Crippen molar-refractivity contribution in [1.29, 1.82) is 0 Å². The summed E-state index contributed by atoms with van der Waals surface area (Å²) in [5.74, 6) is 0. The largest absolute Gasteiger partial charge is 0.362 e. The SMILES string of the molecule is CN1C=CN(CCCC=S(=O)=O)C1. The van der Waals surface area contributed by atoms with E-state index in [1.165, 1.54) is 5.37 Å². The van der Waals surface area contributed by atoms with Crippen molar-refractivity contribution in [2.75, 3.05) is 20.3 Å². The molecule has 4 nitrogen and oxygen atoms in total. The molecule has 1 rings (SSSR count). The molecule has 0 saturated carbocycles. The Hall–Kier alpha value is -0.970. The third kappa shape index (κ3) is 3.98. The molecule has 0 atom stereocenters. The molecule has 0 radical (unpaired) electrons. The van der Waals surface area contributed by atoms with E-state index in [4.69, 9.17) is 0 Å². The maximum Gasteiger partial charge on any atom is 0.209 e. The van der Waals surface area contributed by atoms with Crippen molar-refractivity contribution in [1.82, 2.24) is 9.80 Å². The van der Waals surface area contributed by atoms with Gasteiger partial charge < -0.3 is 9.80 Å². The fourth-order valence-electron chi connectivity index (χ4n) is 1.21. The predicted octanol–water partition coefficient (Wildman–Crippen LogP) is 0.124. The zero-order chi connectivity index (χ0) is 9.68. The zero-order valence-electron chi connectivity index (χ0n) is 7.68.